The van der Waals surface area contributed by atoms with Gasteiger partial charge in [-0.05, 0) is 62.7 Å². The first-order valence-electron chi connectivity index (χ1n) is 13.5. The molecule has 0 aromatic carbocycles. The number of rotatable bonds is 10. The number of allylic oxidation sites excluding steroid dienone is 4. The Morgan fingerprint density at radius 1 is 1.15 bits per heavy atom. The fraction of sp³-hybridized carbons (Fsp3) is 0.741. The maximum absolute atomic E-state index is 17.3. The van der Waals surface area contributed by atoms with Gasteiger partial charge in [0, 0.05) is 23.2 Å². The molecule has 0 heterocycles. The van der Waals surface area contributed by atoms with Gasteiger partial charge < -0.3 is 24.9 Å². The lowest BCUT2D eigenvalue weighted by Gasteiger charge is -2.63. The molecule has 0 saturated heterocycles. The van der Waals surface area contributed by atoms with E-state index in [9.17, 15) is 39.8 Å². The molecule has 0 aliphatic heterocycles. The number of hydrogen-bond acceptors (Lipinski definition) is 10. The largest absolute Gasteiger partial charge is 0.447 e. The van der Waals surface area contributed by atoms with Gasteiger partial charge in [0.1, 0.15) is 18.9 Å². The van der Waals surface area contributed by atoms with Gasteiger partial charge in [-0.3, -0.25) is 14.4 Å². The van der Waals surface area contributed by atoms with Gasteiger partial charge in [-0.2, -0.15) is 0 Å². The van der Waals surface area contributed by atoms with Crippen molar-refractivity contribution in [2.75, 3.05) is 13.2 Å². The average Bonchev–Trinajstić information content (AvgIpc) is 3.10. The first-order chi connectivity index (χ1) is 18.7. The number of esters is 1. The van der Waals surface area contributed by atoms with Gasteiger partial charge in [0.15, 0.2) is 11.5 Å². The van der Waals surface area contributed by atoms with E-state index in [0.29, 0.717) is 6.42 Å². The third-order valence-electron chi connectivity index (χ3n) is 9.87. The topological polar surface area (TPSA) is 173 Å². The number of carbonyl (C=O) groups is 3. The molecule has 13 heteroatoms. The minimum absolute atomic E-state index is 0.0762. The molecule has 9 atom stereocenters. The van der Waals surface area contributed by atoms with E-state index in [-0.39, 0.29) is 37.9 Å². The minimum Gasteiger partial charge on any atom is -0.447 e. The fourth-order valence-corrected chi connectivity index (χ4v) is 7.98. The van der Waals surface area contributed by atoms with Crippen molar-refractivity contribution in [1.82, 2.24) is 0 Å². The second-order valence-corrected chi connectivity index (χ2v) is 11.8. The Morgan fingerprint density at radius 3 is 2.50 bits per heavy atom. The third-order valence-corrected chi connectivity index (χ3v) is 9.87. The van der Waals surface area contributed by atoms with Crippen molar-refractivity contribution in [2.45, 2.75) is 88.4 Å². The quantitative estimate of drug-likeness (QED) is 0.152. The molecule has 222 valence electrons. The van der Waals surface area contributed by atoms with Gasteiger partial charge in [0.05, 0.1) is 12.7 Å². The van der Waals surface area contributed by atoms with E-state index in [0.717, 1.165) is 12.2 Å². The zero-order chi connectivity index (χ0) is 29.7. The number of Topliss-reactive ketones (excluding diaryl/α,β-unsaturated/α-hetero) is 1. The Kier molecular flexibility index (Phi) is 7.98. The molecule has 3 N–H and O–H groups in total. The van der Waals surface area contributed by atoms with Gasteiger partial charge in [-0.1, -0.05) is 19.4 Å². The van der Waals surface area contributed by atoms with E-state index < -0.39 is 94.4 Å². The number of alkyl halides is 2. The lowest BCUT2D eigenvalue weighted by molar-refractivity contribution is -0.757. The van der Waals surface area contributed by atoms with Crippen LogP contribution in [0.5, 0.6) is 0 Å². The van der Waals surface area contributed by atoms with Crippen molar-refractivity contribution in [1.29, 1.82) is 0 Å². The fourth-order valence-electron chi connectivity index (χ4n) is 7.98. The molecule has 40 heavy (non-hydrogen) atoms. The average molecular weight is 572 g/mol. The lowest BCUT2D eigenvalue weighted by Crippen LogP contribution is -2.71. The molecule has 4 aliphatic rings. The Hall–Kier alpha value is -2.77. The van der Waals surface area contributed by atoms with E-state index in [1.807, 2.05) is 0 Å². The number of ether oxygens (including phenoxy) is 1. The number of fused-ring (bicyclic) bond motifs is 5. The molecule has 0 amide bonds. The number of aliphatic hydroxyl groups excluding tert-OH is 3. The van der Waals surface area contributed by atoms with Crippen molar-refractivity contribution in [2.24, 2.45) is 22.7 Å². The van der Waals surface area contributed by atoms with Crippen LogP contribution in [-0.4, -0.2) is 80.8 Å². The predicted octanol–water partition coefficient (Wildman–Crippen LogP) is 1.89. The molecule has 2 unspecified atom stereocenters. The van der Waals surface area contributed by atoms with E-state index >= 15 is 8.78 Å². The molecule has 11 nitrogen and oxygen atoms in total. The zero-order valence-electron chi connectivity index (χ0n) is 22.4. The highest BCUT2D eigenvalue weighted by atomic mass is 19.1. The Morgan fingerprint density at radius 2 is 1.85 bits per heavy atom. The number of aliphatic hydroxyl groups is 3. The van der Waals surface area contributed by atoms with Crippen molar-refractivity contribution in [3.63, 3.8) is 0 Å². The van der Waals surface area contributed by atoms with Crippen LogP contribution >= 0.6 is 0 Å². The lowest BCUT2D eigenvalue weighted by atomic mass is 9.44. The molecular formula is C27H35F2NO10. The van der Waals surface area contributed by atoms with Crippen LogP contribution in [0.4, 0.5) is 8.78 Å². The molecule has 0 radical (unpaired) electrons. The zero-order valence-corrected chi connectivity index (χ0v) is 22.4. The van der Waals surface area contributed by atoms with E-state index in [4.69, 9.17) is 4.74 Å². The van der Waals surface area contributed by atoms with Crippen LogP contribution in [0.15, 0.2) is 23.8 Å². The van der Waals surface area contributed by atoms with Gasteiger partial charge in [0.25, 0.3) is 5.09 Å². The summed E-state index contributed by atoms with van der Waals surface area (Å²) in [6, 6.07) is 0. The van der Waals surface area contributed by atoms with Gasteiger partial charge in [-0.25, -0.2) is 8.78 Å². The molecule has 4 aliphatic carbocycles. The molecule has 0 bridgehead atoms. The predicted molar refractivity (Wildman–Crippen MR) is 132 cm³/mol. The summed E-state index contributed by atoms with van der Waals surface area (Å²) >= 11 is 0. The number of unbranched alkanes of at least 4 members (excludes halogenated alkanes) is 2. The van der Waals surface area contributed by atoms with E-state index in [1.54, 1.807) is 0 Å². The molecule has 0 aromatic heterocycles. The summed E-state index contributed by atoms with van der Waals surface area (Å²) in [4.78, 5) is 52.6. The number of hydrogen-bond donors (Lipinski definition) is 3. The highest BCUT2D eigenvalue weighted by molar-refractivity contribution is 6.01. The highest BCUT2D eigenvalue weighted by Gasteiger charge is 2.78. The van der Waals surface area contributed by atoms with Crippen LogP contribution in [0.3, 0.4) is 0 Å². The Labute approximate surface area is 229 Å². The first-order valence-corrected chi connectivity index (χ1v) is 13.5. The number of carbonyl (C=O) groups excluding carboxylic acids is 3. The summed E-state index contributed by atoms with van der Waals surface area (Å²) in [7, 11) is 0. The van der Waals surface area contributed by atoms with Crippen LogP contribution in [0.1, 0.15) is 58.8 Å². The second kappa shape index (κ2) is 10.6. The van der Waals surface area contributed by atoms with Gasteiger partial charge in [0.2, 0.25) is 11.4 Å². The van der Waals surface area contributed by atoms with Gasteiger partial charge in [-0.15, -0.1) is 10.1 Å². The monoisotopic (exact) mass is 571 g/mol. The summed E-state index contributed by atoms with van der Waals surface area (Å²) < 4.78 is 38.5. The number of halogens is 2. The van der Waals surface area contributed by atoms with Crippen LogP contribution in [0, 0.1) is 32.8 Å². The van der Waals surface area contributed by atoms with Crippen LogP contribution in [0.25, 0.3) is 0 Å². The molecule has 3 saturated carbocycles. The van der Waals surface area contributed by atoms with Crippen LogP contribution in [0.2, 0.25) is 0 Å². The van der Waals surface area contributed by atoms with Crippen molar-refractivity contribution >= 4 is 17.5 Å². The maximum Gasteiger partial charge on any atom is 0.306 e. The van der Waals surface area contributed by atoms with Crippen LogP contribution < -0.4 is 0 Å². The minimum atomic E-state index is -2.46. The summed E-state index contributed by atoms with van der Waals surface area (Å²) in [6.45, 7) is 1.63. The standard InChI is InChI=1S/C27H35F2NO10/c1-24-8-7-15(32)10-18(24)19(28)11-17-16-12-20(33)27(22(35)14-31,25(16,2)13-21(34)26(17,24)29)40-23(36)6-4-3-5-9-39-30(37)38/h7-8,10,16-17,19-21,31,33-34H,3-6,9,11-14H2,1-2H3/t16?,17?,19-,20+,21-,24-,25-,26-,27-/m0/s1. The van der Waals surface area contributed by atoms with Gasteiger partial charge >= 0.3 is 5.97 Å². The smallest absolute Gasteiger partial charge is 0.306 e. The summed E-state index contributed by atoms with van der Waals surface area (Å²) in [5.41, 5.74) is -8.09. The van der Waals surface area contributed by atoms with Crippen molar-refractivity contribution < 1.29 is 53.1 Å². The summed E-state index contributed by atoms with van der Waals surface area (Å²) in [5.74, 6) is -4.55. The van der Waals surface area contributed by atoms with E-state index in [2.05, 4.69) is 4.84 Å². The molecule has 3 fully saturated rings. The number of ketones is 2. The molecular weight excluding hydrogens is 536 g/mol. The normalized spacial score (nSPS) is 41.8. The molecule has 0 spiro atoms. The Bertz CT molecular complexity index is 1140. The maximum atomic E-state index is 17.3. The first kappa shape index (κ1) is 30.2. The summed E-state index contributed by atoms with van der Waals surface area (Å²) in [6.07, 6.45) is -2.21. The van der Waals surface area contributed by atoms with Crippen molar-refractivity contribution in [3.8, 4) is 0 Å². The summed E-state index contributed by atoms with van der Waals surface area (Å²) in [5, 5.41) is 41.9. The third kappa shape index (κ3) is 4.28. The second-order valence-electron chi connectivity index (χ2n) is 11.8. The van der Waals surface area contributed by atoms with Crippen LogP contribution in [-0.2, 0) is 24.0 Å². The highest BCUT2D eigenvalue weighted by Crippen LogP contribution is 2.70. The van der Waals surface area contributed by atoms with Crippen molar-refractivity contribution in [3.05, 3.63) is 33.9 Å². The Balaban J connectivity index is 1.64. The number of nitrogens with zero attached hydrogens (tertiary/aromatic N) is 1. The molecule has 0 aromatic rings. The molecule has 4 rings (SSSR count). The van der Waals surface area contributed by atoms with E-state index in [1.165, 1.54) is 19.9 Å². The SMILES string of the molecule is C[C@]12C=CC(=O)C=C1[C@@H](F)CC1C3C[C@@H](O)[C@](OC(=O)CCCCCO[N+](=O)[O-])(C(=O)CO)[C@@]3(C)C[C@H](O)[C@@]12F.